The number of carboxylic acids is 2. The minimum atomic E-state index is -4.40. The van der Waals surface area contributed by atoms with E-state index in [9.17, 15) is 46.2 Å². The van der Waals surface area contributed by atoms with Gasteiger partial charge in [-0.1, -0.05) is 78.6 Å². The number of aryl methyl sites for hydroxylation is 2. The average Bonchev–Trinajstić information content (AvgIpc) is 3.69. The Bertz CT molecular complexity index is 2240. The number of urea groups is 2. The van der Waals surface area contributed by atoms with Gasteiger partial charge in [-0.3, -0.25) is 9.36 Å². The van der Waals surface area contributed by atoms with E-state index in [2.05, 4.69) is 20.8 Å². The van der Waals surface area contributed by atoms with Crippen molar-refractivity contribution in [1.29, 1.82) is 0 Å². The first kappa shape index (κ1) is 54.8. The molecular weight excluding hydrogens is 885 g/mol. The zero-order valence-corrected chi connectivity index (χ0v) is 42.4. The maximum absolute atomic E-state index is 12.5. The Morgan fingerprint density at radius 2 is 0.800 bits per heavy atom. The zero-order valence-electron chi connectivity index (χ0n) is 35.2. The normalized spacial score (nSPS) is 11.3. The summed E-state index contributed by atoms with van der Waals surface area (Å²) in [7, 11) is -6.30. The molecule has 0 radical (unpaired) electrons. The molecule has 4 aromatic rings. The van der Waals surface area contributed by atoms with E-state index in [0.717, 1.165) is 43.8 Å². The molecule has 0 aliphatic rings. The molecule has 0 bridgehead atoms. The maximum atomic E-state index is 12.5. The molecule has 60 heavy (non-hydrogen) atoms. The summed E-state index contributed by atoms with van der Waals surface area (Å²) in [6, 6.07) is 6.48. The predicted molar refractivity (Wildman–Crippen MR) is 213 cm³/mol. The summed E-state index contributed by atoms with van der Waals surface area (Å²) in [6.45, 7) is 15.4. The van der Waals surface area contributed by atoms with E-state index in [-0.39, 0.29) is 82.8 Å². The molecule has 2 aromatic carbocycles. The Morgan fingerprint density at radius 3 is 1.00 bits per heavy atom. The summed E-state index contributed by atoms with van der Waals surface area (Å²) in [5, 5.41) is 34.2. The Balaban J connectivity index is 0.000000581. The van der Waals surface area contributed by atoms with Crippen molar-refractivity contribution in [2.24, 2.45) is 14.1 Å². The first-order valence-corrected chi connectivity index (χ1v) is 21.2. The smallest absolute Gasteiger partial charge is 0.543 e. The summed E-state index contributed by atoms with van der Waals surface area (Å²) >= 11 is 12.4. The third-order valence-electron chi connectivity index (χ3n) is 8.43. The van der Waals surface area contributed by atoms with Crippen LogP contribution in [0.25, 0.3) is 0 Å². The maximum Gasteiger partial charge on any atom is 1.00 e. The van der Waals surface area contributed by atoms with Crippen LogP contribution in [0.4, 0.5) is 21.0 Å². The third kappa shape index (κ3) is 13.9. The van der Waals surface area contributed by atoms with Crippen LogP contribution < -0.4 is 89.4 Å². The summed E-state index contributed by atoms with van der Waals surface area (Å²) in [4.78, 5) is 46.9. The van der Waals surface area contributed by atoms with Crippen LogP contribution in [0, 0.1) is 0 Å². The number of nitrogens with one attached hydrogen (secondary N) is 4. The number of benzene rings is 2. The predicted octanol–water partition coefficient (Wildman–Crippen LogP) is -1.60. The minimum absolute atomic E-state index is 0. The quantitative estimate of drug-likeness (QED) is 0.117. The van der Waals surface area contributed by atoms with Crippen molar-refractivity contribution in [3.8, 4) is 0 Å². The van der Waals surface area contributed by atoms with Crippen molar-refractivity contribution >= 4 is 78.6 Å². The van der Waals surface area contributed by atoms with Crippen molar-refractivity contribution in [3.63, 3.8) is 0 Å². The molecule has 18 nitrogen and oxygen atoms in total. The second kappa shape index (κ2) is 22.3. The van der Waals surface area contributed by atoms with E-state index < -0.39 is 65.5 Å². The Labute approximate surface area is 403 Å². The van der Waals surface area contributed by atoms with Crippen LogP contribution >= 0.6 is 23.2 Å². The largest absolute Gasteiger partial charge is 1.00 e. The van der Waals surface area contributed by atoms with Crippen LogP contribution in [0.2, 0.25) is 10.0 Å². The van der Waals surface area contributed by atoms with Gasteiger partial charge in [0.2, 0.25) is 0 Å². The molecule has 0 atom stereocenters. The van der Waals surface area contributed by atoms with Crippen LogP contribution in [0.5, 0.6) is 0 Å². The van der Waals surface area contributed by atoms with Crippen LogP contribution in [0.3, 0.4) is 0 Å². The molecule has 24 heteroatoms. The summed E-state index contributed by atoms with van der Waals surface area (Å²) in [5.74, 6) is -3.12. The van der Waals surface area contributed by atoms with E-state index in [1.54, 1.807) is 24.3 Å². The van der Waals surface area contributed by atoms with Crippen LogP contribution in [0.1, 0.15) is 122 Å². The minimum Gasteiger partial charge on any atom is -0.543 e. The van der Waals surface area contributed by atoms with Gasteiger partial charge in [-0.2, -0.15) is 27.0 Å². The number of nitrogens with zero attached hydrogens (tertiary/aromatic N) is 4. The van der Waals surface area contributed by atoms with Gasteiger partial charge < -0.3 is 30.4 Å². The first-order chi connectivity index (χ1) is 26.7. The number of carboxylic acid groups (broad SMARTS) is 2. The number of halogens is 2. The molecule has 4 N–H and O–H groups in total. The summed E-state index contributed by atoms with van der Waals surface area (Å²) in [5.41, 5.74) is 3.10. The average molecular weight is 930 g/mol. The number of rotatable bonds is 12. The van der Waals surface area contributed by atoms with Crippen LogP contribution in [-0.4, -0.2) is 60.4 Å². The van der Waals surface area contributed by atoms with Crippen molar-refractivity contribution in [2.75, 3.05) is 10.6 Å². The van der Waals surface area contributed by atoms with Crippen LogP contribution in [0.15, 0.2) is 46.5 Å². The van der Waals surface area contributed by atoms with Crippen molar-refractivity contribution < 1.29 is 105 Å². The fourth-order valence-corrected chi connectivity index (χ4v) is 7.83. The molecule has 0 aliphatic heterocycles. The zero-order chi connectivity index (χ0) is 44.2. The topological polar surface area (TPSA) is 266 Å². The van der Waals surface area contributed by atoms with Crippen LogP contribution in [-0.2, 0) is 34.1 Å². The molecule has 0 saturated heterocycles. The number of carbonyl (C=O) groups is 4. The van der Waals surface area contributed by atoms with Gasteiger partial charge in [-0.15, -0.1) is 0 Å². The Morgan fingerprint density at radius 1 is 0.550 bits per heavy atom. The molecule has 316 valence electrons. The Hall–Kier alpha value is -3.18. The molecular formula is C36H44Cl2N8Na2O10S2. The molecule has 2 aromatic heterocycles. The molecule has 0 aliphatic carbocycles. The van der Waals surface area contributed by atoms with Gasteiger partial charge in [0.25, 0.3) is 20.0 Å². The van der Waals surface area contributed by atoms with Crippen molar-refractivity contribution in [3.05, 3.63) is 80.1 Å². The Kier molecular flexibility index (Phi) is 20.3. The van der Waals surface area contributed by atoms with Gasteiger partial charge in [0, 0.05) is 47.6 Å². The molecule has 2 heterocycles. The summed E-state index contributed by atoms with van der Waals surface area (Å²) < 4.78 is 55.1. The fraction of sp³-hybridized carbons (Fsp3) is 0.389. The number of anilines is 2. The van der Waals surface area contributed by atoms with E-state index >= 15 is 0 Å². The van der Waals surface area contributed by atoms with E-state index in [4.69, 9.17) is 23.2 Å². The first-order valence-electron chi connectivity index (χ1n) is 17.5. The third-order valence-corrected chi connectivity index (χ3v) is 11.3. The SMILES string of the molecule is CC(C)c1cc(Cl)cc(C(C)C)c1NC(=O)NS(=O)(=O)c1cc(C(=O)[O-])n(C)n1.CC(C)c1cc(Cl)cc(C(C)C)c1NC(=O)NS(=O)(=O)c1cc(C(=O)[O-])n(C)n1.[Na+].[Na+]. The molecule has 4 rings (SSSR count). The molecule has 0 fully saturated rings. The monoisotopic (exact) mass is 928 g/mol. The molecule has 0 unspecified atom stereocenters. The second-order valence-electron chi connectivity index (χ2n) is 14.2. The number of sulfonamides is 2. The van der Waals surface area contributed by atoms with Gasteiger partial charge >= 0.3 is 71.2 Å². The molecule has 0 spiro atoms. The van der Waals surface area contributed by atoms with Gasteiger partial charge in [0.05, 0.1) is 23.3 Å². The standard InChI is InChI=1S/2C18H23ClN4O5S.2Na/c2*1-9(2)12-6-11(19)7-13(10(3)4)16(12)20-18(26)22-29(27,28)15-8-14(17(24)25)23(5)21-15;;/h2*6-10H,1-5H3,(H,24,25)(H2,20,22,26);;/q;;2*+1/p-2. The van der Waals surface area contributed by atoms with Gasteiger partial charge in [0.15, 0.2) is 10.1 Å². The second-order valence-corrected chi connectivity index (χ2v) is 18.3. The van der Waals surface area contributed by atoms with Crippen molar-refractivity contribution in [1.82, 2.24) is 29.0 Å². The van der Waals surface area contributed by atoms with Gasteiger partial charge in [-0.25, -0.2) is 19.0 Å². The van der Waals surface area contributed by atoms with Gasteiger partial charge in [0.1, 0.15) is 0 Å². The van der Waals surface area contributed by atoms with Gasteiger partial charge in [-0.05, 0) is 70.2 Å². The number of aromatic nitrogens is 4. The summed E-state index contributed by atoms with van der Waals surface area (Å²) in [6.07, 6.45) is 0. The van der Waals surface area contributed by atoms with E-state index in [1.165, 1.54) is 14.1 Å². The van der Waals surface area contributed by atoms with E-state index in [1.807, 2.05) is 64.8 Å². The molecule has 0 saturated carbocycles. The molecule has 4 amide bonds. The van der Waals surface area contributed by atoms with Crippen molar-refractivity contribution in [2.45, 2.75) is 89.1 Å². The number of carbonyl (C=O) groups excluding carboxylic acids is 4. The number of hydrogen-bond acceptors (Lipinski definition) is 12. The number of hydrogen-bond donors (Lipinski definition) is 4. The number of amides is 4. The number of aromatic carboxylic acids is 2. The van der Waals surface area contributed by atoms with E-state index in [0.29, 0.717) is 21.4 Å². The fourth-order valence-electron chi connectivity index (χ4n) is 5.56.